The molecule has 0 saturated carbocycles. The quantitative estimate of drug-likeness (QED) is 0.287. The van der Waals surface area contributed by atoms with Crippen molar-refractivity contribution in [2.45, 2.75) is 38.5 Å². The highest BCUT2D eigenvalue weighted by Crippen LogP contribution is 2.39. The van der Waals surface area contributed by atoms with E-state index in [1.807, 2.05) is 31.2 Å². The summed E-state index contributed by atoms with van der Waals surface area (Å²) >= 11 is 0. The van der Waals surface area contributed by atoms with Gasteiger partial charge in [-0.25, -0.2) is 19.6 Å². The van der Waals surface area contributed by atoms with Crippen molar-refractivity contribution in [3.8, 4) is 11.4 Å². The number of benzene rings is 2. The molecule has 4 aromatic rings. The number of hydrogen-bond acceptors (Lipinski definition) is 6. The SMILES string of the molecule is C=CCCc1nc(Nc2ccc(-n3cnc(C)n3)c(OCC=C)c2)nc2c1CCC2c1ccccc1. The van der Waals surface area contributed by atoms with Crippen LogP contribution in [-0.4, -0.2) is 31.3 Å². The second-order valence-electron chi connectivity index (χ2n) is 8.83. The predicted molar refractivity (Wildman–Crippen MR) is 142 cm³/mol. The fourth-order valence-corrected chi connectivity index (χ4v) is 4.68. The summed E-state index contributed by atoms with van der Waals surface area (Å²) < 4.78 is 7.67. The zero-order chi connectivity index (χ0) is 24.9. The van der Waals surface area contributed by atoms with E-state index >= 15 is 0 Å². The molecule has 1 unspecified atom stereocenters. The smallest absolute Gasteiger partial charge is 0.227 e. The number of anilines is 2. The van der Waals surface area contributed by atoms with Gasteiger partial charge in [0.05, 0.1) is 5.69 Å². The molecule has 0 saturated heterocycles. The first-order valence-electron chi connectivity index (χ1n) is 12.2. The van der Waals surface area contributed by atoms with Crippen LogP contribution in [0.4, 0.5) is 11.6 Å². The molecule has 0 spiro atoms. The topological polar surface area (TPSA) is 77.8 Å². The molecule has 0 aliphatic heterocycles. The molecule has 0 radical (unpaired) electrons. The Labute approximate surface area is 211 Å². The standard InChI is InChI=1S/C29H30N6O/c1-4-6-12-25-24-15-14-23(21-10-8-7-9-11-21)28(24)33-29(32-25)31-22-13-16-26(27(18-22)36-17-5-2)35-19-30-20(3)34-35/h4-5,7-11,13,16,18-19,23H,1-2,6,12,14-15,17H2,3H3,(H,31,32,33). The molecule has 36 heavy (non-hydrogen) atoms. The van der Waals surface area contributed by atoms with Crippen molar-refractivity contribution >= 4 is 11.6 Å². The Hall–Kier alpha value is -4.26. The Balaban J connectivity index is 1.50. The fourth-order valence-electron chi connectivity index (χ4n) is 4.68. The van der Waals surface area contributed by atoms with Crippen molar-refractivity contribution in [2.75, 3.05) is 11.9 Å². The average molecular weight is 479 g/mol. The first kappa shape index (κ1) is 23.5. The summed E-state index contributed by atoms with van der Waals surface area (Å²) in [5, 5.41) is 7.85. The lowest BCUT2D eigenvalue weighted by Gasteiger charge is -2.16. The van der Waals surface area contributed by atoms with Gasteiger partial charge in [0.2, 0.25) is 5.95 Å². The van der Waals surface area contributed by atoms with Gasteiger partial charge < -0.3 is 10.1 Å². The Morgan fingerprint density at radius 3 is 2.72 bits per heavy atom. The maximum absolute atomic E-state index is 5.96. The number of hydrogen-bond donors (Lipinski definition) is 1. The van der Waals surface area contributed by atoms with E-state index < -0.39 is 0 Å². The molecule has 5 rings (SSSR count). The van der Waals surface area contributed by atoms with E-state index in [9.17, 15) is 0 Å². The van der Waals surface area contributed by atoms with E-state index in [-0.39, 0.29) is 5.92 Å². The third kappa shape index (κ3) is 4.91. The number of ether oxygens (including phenoxy) is 1. The number of aromatic nitrogens is 5. The minimum Gasteiger partial charge on any atom is -0.487 e. The minimum absolute atomic E-state index is 0.275. The normalized spacial score (nSPS) is 14.3. The van der Waals surface area contributed by atoms with Crippen LogP contribution >= 0.6 is 0 Å². The molecular formula is C29H30N6O. The van der Waals surface area contributed by atoms with E-state index in [1.165, 1.54) is 11.1 Å². The highest BCUT2D eigenvalue weighted by atomic mass is 16.5. The highest BCUT2D eigenvalue weighted by molar-refractivity contribution is 5.62. The first-order valence-corrected chi connectivity index (χ1v) is 12.2. The minimum atomic E-state index is 0.275. The van der Waals surface area contributed by atoms with Crippen LogP contribution in [0.2, 0.25) is 0 Å². The molecule has 7 heteroatoms. The number of nitrogens with zero attached hydrogens (tertiary/aromatic N) is 5. The van der Waals surface area contributed by atoms with Crippen LogP contribution in [0, 0.1) is 6.92 Å². The molecule has 7 nitrogen and oxygen atoms in total. The first-order chi connectivity index (χ1) is 17.7. The number of fused-ring (bicyclic) bond motifs is 1. The third-order valence-corrected chi connectivity index (χ3v) is 6.35. The van der Waals surface area contributed by atoms with Gasteiger partial charge in [-0.1, -0.05) is 49.1 Å². The van der Waals surface area contributed by atoms with Gasteiger partial charge in [-0.15, -0.1) is 6.58 Å². The van der Waals surface area contributed by atoms with Crippen molar-refractivity contribution in [2.24, 2.45) is 0 Å². The molecule has 2 heterocycles. The monoisotopic (exact) mass is 478 g/mol. The van der Waals surface area contributed by atoms with Gasteiger partial charge in [-0.05, 0) is 55.9 Å². The highest BCUT2D eigenvalue weighted by Gasteiger charge is 2.29. The number of allylic oxidation sites excluding steroid dienone is 1. The maximum Gasteiger partial charge on any atom is 0.227 e. The van der Waals surface area contributed by atoms with Crippen molar-refractivity contribution in [3.63, 3.8) is 0 Å². The third-order valence-electron chi connectivity index (χ3n) is 6.35. The summed E-state index contributed by atoms with van der Waals surface area (Å²) in [6, 6.07) is 16.5. The summed E-state index contributed by atoms with van der Waals surface area (Å²) in [6.45, 7) is 9.90. The lowest BCUT2D eigenvalue weighted by atomic mass is 9.96. The van der Waals surface area contributed by atoms with Gasteiger partial charge >= 0.3 is 0 Å². The van der Waals surface area contributed by atoms with Gasteiger partial charge in [0, 0.05) is 23.4 Å². The van der Waals surface area contributed by atoms with Crippen LogP contribution in [0.15, 0.2) is 80.2 Å². The van der Waals surface area contributed by atoms with E-state index in [4.69, 9.17) is 14.7 Å². The summed E-state index contributed by atoms with van der Waals surface area (Å²) in [4.78, 5) is 14.2. The molecule has 0 amide bonds. The lowest BCUT2D eigenvalue weighted by molar-refractivity contribution is 0.361. The molecule has 0 bridgehead atoms. The summed E-state index contributed by atoms with van der Waals surface area (Å²) in [5.41, 5.74) is 6.42. The van der Waals surface area contributed by atoms with Crippen LogP contribution < -0.4 is 10.1 Å². The Bertz CT molecular complexity index is 1380. The van der Waals surface area contributed by atoms with Crippen molar-refractivity contribution in [3.05, 3.63) is 109 Å². The van der Waals surface area contributed by atoms with Gasteiger partial charge in [0.15, 0.2) is 0 Å². The average Bonchev–Trinajstić information content (AvgIpc) is 3.53. The van der Waals surface area contributed by atoms with Crippen molar-refractivity contribution in [1.82, 2.24) is 24.7 Å². The largest absolute Gasteiger partial charge is 0.487 e. The second kappa shape index (κ2) is 10.6. The molecular weight excluding hydrogens is 448 g/mol. The Morgan fingerprint density at radius 2 is 1.97 bits per heavy atom. The Morgan fingerprint density at radius 1 is 1.11 bits per heavy atom. The van der Waals surface area contributed by atoms with Gasteiger partial charge in [-0.2, -0.15) is 5.10 Å². The molecule has 182 valence electrons. The summed E-state index contributed by atoms with van der Waals surface area (Å²) in [7, 11) is 0. The number of nitrogens with one attached hydrogen (secondary N) is 1. The van der Waals surface area contributed by atoms with Crippen molar-refractivity contribution in [1.29, 1.82) is 0 Å². The zero-order valence-corrected chi connectivity index (χ0v) is 20.5. The Kier molecular flexibility index (Phi) is 6.89. The number of rotatable bonds is 10. The van der Waals surface area contributed by atoms with E-state index in [2.05, 4.69) is 58.9 Å². The molecule has 0 fully saturated rings. The van der Waals surface area contributed by atoms with Crippen LogP contribution in [0.5, 0.6) is 5.75 Å². The fraction of sp³-hybridized carbons (Fsp3) is 0.241. The lowest BCUT2D eigenvalue weighted by Crippen LogP contribution is -2.08. The van der Waals surface area contributed by atoms with Crippen LogP contribution in [0.1, 0.15) is 47.1 Å². The van der Waals surface area contributed by atoms with Crippen molar-refractivity contribution < 1.29 is 4.74 Å². The zero-order valence-electron chi connectivity index (χ0n) is 20.5. The maximum atomic E-state index is 5.96. The molecule has 1 aliphatic rings. The summed E-state index contributed by atoms with van der Waals surface area (Å²) in [5.74, 6) is 2.23. The molecule has 2 aromatic heterocycles. The van der Waals surface area contributed by atoms with Crippen LogP contribution in [-0.2, 0) is 12.8 Å². The van der Waals surface area contributed by atoms with E-state index in [0.29, 0.717) is 24.1 Å². The van der Waals surface area contributed by atoms with Crippen LogP contribution in [0.25, 0.3) is 5.69 Å². The number of aryl methyl sites for hydroxylation is 2. The van der Waals surface area contributed by atoms with E-state index in [0.717, 1.165) is 48.4 Å². The van der Waals surface area contributed by atoms with Gasteiger partial charge in [0.1, 0.15) is 30.2 Å². The van der Waals surface area contributed by atoms with Crippen LogP contribution in [0.3, 0.4) is 0 Å². The predicted octanol–water partition coefficient (Wildman–Crippen LogP) is 5.87. The summed E-state index contributed by atoms with van der Waals surface area (Å²) in [6.07, 6.45) is 9.11. The van der Waals surface area contributed by atoms with Gasteiger partial charge in [-0.3, -0.25) is 0 Å². The molecule has 1 N–H and O–H groups in total. The molecule has 2 aromatic carbocycles. The van der Waals surface area contributed by atoms with E-state index in [1.54, 1.807) is 17.1 Å². The molecule has 1 aliphatic carbocycles. The van der Waals surface area contributed by atoms with Gasteiger partial charge in [0.25, 0.3) is 0 Å². The molecule has 1 atom stereocenters. The second-order valence-corrected chi connectivity index (χ2v) is 8.83.